The molecule has 3 rings (SSSR count). The molecule has 1 aliphatic rings. The standard InChI is InChI=1S/C21H16O5/c1-26-15-10-8-14(9-11-15)17-20(24)18(22)16(19(23)21(17)25)12-7-13-5-3-2-4-6-13/h2-12,16-17H,1H3. The number of allylic oxidation sites excluding steroid dienone is 1. The largest absolute Gasteiger partial charge is 0.497 e. The van der Waals surface area contributed by atoms with Crippen LogP contribution in [0.5, 0.6) is 5.75 Å². The smallest absolute Gasteiger partial charge is 0.214 e. The fraction of sp³-hybridized carbons (Fsp3) is 0.143. The number of hydrogen-bond donors (Lipinski definition) is 0. The third-order valence-corrected chi connectivity index (χ3v) is 4.30. The van der Waals surface area contributed by atoms with Gasteiger partial charge in [0.1, 0.15) is 17.6 Å². The Morgan fingerprint density at radius 3 is 1.88 bits per heavy atom. The summed E-state index contributed by atoms with van der Waals surface area (Å²) in [6.07, 6.45) is 2.88. The van der Waals surface area contributed by atoms with E-state index in [-0.39, 0.29) is 0 Å². The summed E-state index contributed by atoms with van der Waals surface area (Å²) >= 11 is 0. The molecule has 1 aliphatic carbocycles. The van der Waals surface area contributed by atoms with E-state index in [9.17, 15) is 19.2 Å². The van der Waals surface area contributed by atoms with E-state index >= 15 is 0 Å². The van der Waals surface area contributed by atoms with Crippen LogP contribution in [-0.2, 0) is 19.2 Å². The lowest BCUT2D eigenvalue weighted by molar-refractivity contribution is -0.151. The number of carbonyl (C=O) groups excluding carboxylic acids is 4. The predicted octanol–water partition coefficient (Wildman–Crippen LogP) is 2.40. The van der Waals surface area contributed by atoms with Gasteiger partial charge in [0, 0.05) is 0 Å². The maximum absolute atomic E-state index is 12.5. The van der Waals surface area contributed by atoms with Gasteiger partial charge in [-0.05, 0) is 23.3 Å². The first-order chi connectivity index (χ1) is 12.5. The highest BCUT2D eigenvalue weighted by molar-refractivity contribution is 6.62. The summed E-state index contributed by atoms with van der Waals surface area (Å²) in [4.78, 5) is 49.8. The molecule has 26 heavy (non-hydrogen) atoms. The molecule has 0 aromatic heterocycles. The van der Waals surface area contributed by atoms with Crippen LogP contribution < -0.4 is 4.74 Å². The zero-order chi connectivity index (χ0) is 18.7. The van der Waals surface area contributed by atoms with Crippen molar-refractivity contribution in [3.8, 4) is 5.75 Å². The van der Waals surface area contributed by atoms with Crippen molar-refractivity contribution in [3.05, 3.63) is 71.8 Å². The van der Waals surface area contributed by atoms with Crippen LogP contribution in [-0.4, -0.2) is 30.2 Å². The zero-order valence-electron chi connectivity index (χ0n) is 14.0. The van der Waals surface area contributed by atoms with Gasteiger partial charge in [0.25, 0.3) is 0 Å². The van der Waals surface area contributed by atoms with E-state index in [1.807, 2.05) is 6.07 Å². The summed E-state index contributed by atoms with van der Waals surface area (Å²) in [6.45, 7) is 0. The number of methoxy groups -OCH3 is 1. The van der Waals surface area contributed by atoms with Gasteiger partial charge in [0.15, 0.2) is 0 Å². The first-order valence-corrected chi connectivity index (χ1v) is 8.06. The minimum absolute atomic E-state index is 0.313. The molecular weight excluding hydrogens is 332 g/mol. The van der Waals surface area contributed by atoms with Gasteiger partial charge >= 0.3 is 0 Å². The van der Waals surface area contributed by atoms with Crippen LogP contribution in [0.25, 0.3) is 6.08 Å². The number of Topliss-reactive ketones (excluding diaryl/α,β-unsaturated/α-hetero) is 4. The van der Waals surface area contributed by atoms with E-state index in [1.165, 1.54) is 25.3 Å². The quantitative estimate of drug-likeness (QED) is 0.626. The molecule has 0 atom stereocenters. The Morgan fingerprint density at radius 2 is 1.35 bits per heavy atom. The van der Waals surface area contributed by atoms with Gasteiger partial charge < -0.3 is 4.74 Å². The van der Waals surface area contributed by atoms with Crippen LogP contribution in [0.2, 0.25) is 0 Å². The van der Waals surface area contributed by atoms with Gasteiger partial charge in [-0.2, -0.15) is 0 Å². The van der Waals surface area contributed by atoms with Crippen molar-refractivity contribution < 1.29 is 23.9 Å². The highest BCUT2D eigenvalue weighted by Crippen LogP contribution is 2.29. The van der Waals surface area contributed by atoms with E-state index in [0.29, 0.717) is 11.3 Å². The molecule has 0 unspecified atom stereocenters. The Kier molecular flexibility index (Phi) is 4.89. The van der Waals surface area contributed by atoms with Crippen LogP contribution in [0.15, 0.2) is 60.7 Å². The average molecular weight is 348 g/mol. The van der Waals surface area contributed by atoms with Crippen LogP contribution in [0.1, 0.15) is 17.0 Å². The third-order valence-electron chi connectivity index (χ3n) is 4.30. The highest BCUT2D eigenvalue weighted by atomic mass is 16.5. The number of carbonyl (C=O) groups is 4. The molecule has 0 spiro atoms. The fourth-order valence-corrected chi connectivity index (χ4v) is 2.87. The topological polar surface area (TPSA) is 77.5 Å². The lowest BCUT2D eigenvalue weighted by Crippen LogP contribution is -2.46. The van der Waals surface area contributed by atoms with Crippen molar-refractivity contribution in [1.82, 2.24) is 0 Å². The summed E-state index contributed by atoms with van der Waals surface area (Å²) in [5.74, 6) is -5.62. The molecular formula is C21H16O5. The second-order valence-electron chi connectivity index (χ2n) is 5.91. The minimum atomic E-state index is -1.37. The summed E-state index contributed by atoms with van der Waals surface area (Å²) < 4.78 is 5.03. The number of ether oxygens (including phenoxy) is 1. The first-order valence-electron chi connectivity index (χ1n) is 8.06. The molecule has 1 saturated carbocycles. The maximum atomic E-state index is 12.5. The van der Waals surface area contributed by atoms with Gasteiger partial charge in [0.2, 0.25) is 23.1 Å². The molecule has 0 N–H and O–H groups in total. The monoisotopic (exact) mass is 348 g/mol. The number of benzene rings is 2. The SMILES string of the molecule is COc1ccc(C2C(=O)C(=O)C(C=Cc3ccccc3)C(=O)C2=O)cc1. The van der Waals surface area contributed by atoms with E-state index in [1.54, 1.807) is 42.5 Å². The second kappa shape index (κ2) is 7.27. The Balaban J connectivity index is 1.87. The van der Waals surface area contributed by atoms with Crippen molar-refractivity contribution in [2.75, 3.05) is 7.11 Å². The zero-order valence-corrected chi connectivity index (χ0v) is 14.0. The van der Waals surface area contributed by atoms with Gasteiger partial charge in [-0.3, -0.25) is 19.2 Å². The predicted molar refractivity (Wildman–Crippen MR) is 94.7 cm³/mol. The molecule has 0 saturated heterocycles. The van der Waals surface area contributed by atoms with E-state index < -0.39 is 35.0 Å². The number of rotatable bonds is 4. The number of ketones is 4. The molecule has 130 valence electrons. The van der Waals surface area contributed by atoms with E-state index in [0.717, 1.165) is 5.56 Å². The fourth-order valence-electron chi connectivity index (χ4n) is 2.87. The van der Waals surface area contributed by atoms with Gasteiger partial charge in [0.05, 0.1) is 7.11 Å². The lowest BCUT2D eigenvalue weighted by Gasteiger charge is -2.22. The first kappa shape index (κ1) is 17.5. The van der Waals surface area contributed by atoms with Crippen molar-refractivity contribution in [3.63, 3.8) is 0 Å². The number of hydrogen-bond acceptors (Lipinski definition) is 5. The maximum Gasteiger partial charge on any atom is 0.214 e. The Hall–Kier alpha value is -3.34. The van der Waals surface area contributed by atoms with Crippen LogP contribution >= 0.6 is 0 Å². The Bertz CT molecular complexity index is 866. The lowest BCUT2D eigenvalue weighted by atomic mass is 9.75. The van der Waals surface area contributed by atoms with Gasteiger partial charge in [-0.25, -0.2) is 0 Å². The summed E-state index contributed by atoms with van der Waals surface area (Å²) in [5.41, 5.74) is 1.08. The van der Waals surface area contributed by atoms with E-state index in [2.05, 4.69) is 0 Å². The molecule has 5 heteroatoms. The van der Waals surface area contributed by atoms with Crippen LogP contribution in [0.3, 0.4) is 0 Å². The van der Waals surface area contributed by atoms with Crippen LogP contribution in [0.4, 0.5) is 0 Å². The summed E-state index contributed by atoms with van der Waals surface area (Å²) in [5, 5.41) is 0. The third kappa shape index (κ3) is 3.24. The Labute approximate surface area is 150 Å². The molecule has 0 aliphatic heterocycles. The molecule has 0 radical (unpaired) electrons. The molecule has 0 bridgehead atoms. The van der Waals surface area contributed by atoms with Gasteiger partial charge in [-0.15, -0.1) is 0 Å². The molecule has 1 fully saturated rings. The van der Waals surface area contributed by atoms with Crippen molar-refractivity contribution in [2.45, 2.75) is 5.92 Å². The van der Waals surface area contributed by atoms with Crippen molar-refractivity contribution in [2.24, 2.45) is 5.92 Å². The average Bonchev–Trinajstić information content (AvgIpc) is 2.68. The van der Waals surface area contributed by atoms with Crippen molar-refractivity contribution in [1.29, 1.82) is 0 Å². The normalized spacial score (nSPS) is 20.7. The van der Waals surface area contributed by atoms with Gasteiger partial charge in [-0.1, -0.05) is 54.6 Å². The Morgan fingerprint density at radius 1 is 0.769 bits per heavy atom. The minimum Gasteiger partial charge on any atom is -0.497 e. The molecule has 0 amide bonds. The molecule has 0 heterocycles. The van der Waals surface area contributed by atoms with Crippen LogP contribution in [0, 0.1) is 5.92 Å². The molecule has 5 nitrogen and oxygen atoms in total. The second-order valence-corrected chi connectivity index (χ2v) is 5.91. The molecule has 2 aromatic carbocycles. The summed E-state index contributed by atoms with van der Waals surface area (Å²) in [7, 11) is 1.49. The van der Waals surface area contributed by atoms with E-state index in [4.69, 9.17) is 4.74 Å². The highest BCUT2D eigenvalue weighted by Gasteiger charge is 2.48. The van der Waals surface area contributed by atoms with Crippen molar-refractivity contribution >= 4 is 29.2 Å². The summed E-state index contributed by atoms with van der Waals surface area (Å²) in [6, 6.07) is 15.2. The molecule has 2 aromatic rings.